The summed E-state index contributed by atoms with van der Waals surface area (Å²) in [5.41, 5.74) is 6.12. The van der Waals surface area contributed by atoms with Gasteiger partial charge in [0.15, 0.2) is 0 Å². The average Bonchev–Trinajstić information content (AvgIpc) is 3.38. The molecule has 3 heterocycles. The molecule has 0 saturated heterocycles. The summed E-state index contributed by atoms with van der Waals surface area (Å²) in [6.07, 6.45) is 3.90. The van der Waals surface area contributed by atoms with E-state index in [4.69, 9.17) is 9.72 Å². The second kappa shape index (κ2) is 9.92. The SMILES string of the molecule is CCCN(CCC)c1ccc(C2(c3c(C)n(CC)c4ccccc34)OC(=O)c3cccnc32)c(NC)c1. The minimum atomic E-state index is -1.17. The first-order chi connectivity index (χ1) is 18.0. The topological polar surface area (TPSA) is 59.4 Å². The van der Waals surface area contributed by atoms with Crippen molar-refractivity contribution in [2.75, 3.05) is 30.4 Å². The van der Waals surface area contributed by atoms with Gasteiger partial charge in [0, 0.05) is 72.0 Å². The Balaban J connectivity index is 1.85. The second-order valence-corrected chi connectivity index (χ2v) is 9.66. The standard InChI is InChI=1S/C31H36N4O2/c1-6-18-34(19-7-2)22-15-16-25(26(20-22)32-5)31(29-24(30(36)37-31)13-11-17-33-29)28-21(4)35(8-3)27-14-10-9-12-23(27)28/h9-17,20,32H,6-8,18-19H2,1-5H3. The Morgan fingerprint density at radius 1 is 1.03 bits per heavy atom. The van der Waals surface area contributed by atoms with E-state index in [1.54, 1.807) is 12.3 Å². The number of anilines is 2. The van der Waals surface area contributed by atoms with Gasteiger partial charge in [0.25, 0.3) is 0 Å². The molecule has 4 aromatic rings. The first kappa shape index (κ1) is 24.9. The summed E-state index contributed by atoms with van der Waals surface area (Å²) in [6.45, 7) is 11.5. The molecular formula is C31H36N4O2. The number of ether oxygens (including phenoxy) is 1. The molecule has 0 aliphatic carbocycles. The number of hydrogen-bond donors (Lipinski definition) is 1. The Morgan fingerprint density at radius 2 is 1.78 bits per heavy atom. The van der Waals surface area contributed by atoms with Crippen LogP contribution in [0.15, 0.2) is 60.8 Å². The lowest BCUT2D eigenvalue weighted by Crippen LogP contribution is -2.32. The number of aromatic nitrogens is 2. The van der Waals surface area contributed by atoms with E-state index in [2.05, 4.69) is 78.9 Å². The van der Waals surface area contributed by atoms with Gasteiger partial charge in [0.1, 0.15) is 5.69 Å². The highest BCUT2D eigenvalue weighted by Gasteiger charge is 2.53. The van der Waals surface area contributed by atoms with E-state index in [0.717, 1.165) is 71.6 Å². The van der Waals surface area contributed by atoms with Gasteiger partial charge in [-0.25, -0.2) is 4.79 Å². The number of aryl methyl sites for hydroxylation is 1. The van der Waals surface area contributed by atoms with Crippen LogP contribution < -0.4 is 10.2 Å². The molecular weight excluding hydrogens is 460 g/mol. The first-order valence-corrected chi connectivity index (χ1v) is 13.4. The molecule has 1 N–H and O–H groups in total. The number of cyclic esters (lactones) is 1. The van der Waals surface area contributed by atoms with Crippen LogP contribution in [0, 0.1) is 6.92 Å². The molecule has 1 atom stereocenters. The summed E-state index contributed by atoms with van der Waals surface area (Å²) in [5, 5.41) is 4.50. The molecule has 6 heteroatoms. The van der Waals surface area contributed by atoms with Crippen molar-refractivity contribution < 1.29 is 9.53 Å². The second-order valence-electron chi connectivity index (χ2n) is 9.66. The fourth-order valence-electron chi connectivity index (χ4n) is 6.02. The van der Waals surface area contributed by atoms with E-state index in [9.17, 15) is 4.79 Å². The zero-order chi connectivity index (χ0) is 26.2. The van der Waals surface area contributed by atoms with Gasteiger partial charge in [-0.1, -0.05) is 38.1 Å². The smallest absolute Gasteiger partial charge is 0.341 e. The summed E-state index contributed by atoms with van der Waals surface area (Å²) in [7, 11) is 1.93. The monoisotopic (exact) mass is 496 g/mol. The summed E-state index contributed by atoms with van der Waals surface area (Å²) >= 11 is 0. The minimum absolute atomic E-state index is 0.347. The maximum Gasteiger partial charge on any atom is 0.341 e. The van der Waals surface area contributed by atoms with Gasteiger partial charge < -0.3 is 19.5 Å². The number of carbonyl (C=O) groups excluding carboxylic acids is 1. The van der Waals surface area contributed by atoms with Crippen LogP contribution in [0.2, 0.25) is 0 Å². The van der Waals surface area contributed by atoms with E-state index < -0.39 is 5.60 Å². The molecule has 0 spiro atoms. The summed E-state index contributed by atoms with van der Waals surface area (Å²) in [4.78, 5) is 20.6. The normalized spacial score (nSPS) is 16.6. The number of fused-ring (bicyclic) bond motifs is 2. The molecule has 0 saturated carbocycles. The summed E-state index contributed by atoms with van der Waals surface area (Å²) in [5.74, 6) is -0.347. The molecule has 2 aromatic heterocycles. The van der Waals surface area contributed by atoms with Crippen molar-refractivity contribution in [3.63, 3.8) is 0 Å². The highest BCUT2D eigenvalue weighted by atomic mass is 16.6. The van der Waals surface area contributed by atoms with Gasteiger partial charge >= 0.3 is 5.97 Å². The van der Waals surface area contributed by atoms with Gasteiger partial charge in [0.2, 0.25) is 5.60 Å². The zero-order valence-electron chi connectivity index (χ0n) is 22.5. The maximum absolute atomic E-state index is 13.4. The number of pyridine rings is 1. The van der Waals surface area contributed by atoms with Crippen molar-refractivity contribution >= 4 is 28.2 Å². The van der Waals surface area contributed by atoms with Crippen molar-refractivity contribution in [3.8, 4) is 0 Å². The van der Waals surface area contributed by atoms with Crippen LogP contribution in [0.25, 0.3) is 10.9 Å². The molecule has 0 bridgehead atoms. The maximum atomic E-state index is 13.4. The zero-order valence-corrected chi connectivity index (χ0v) is 22.5. The van der Waals surface area contributed by atoms with Gasteiger partial charge in [-0.15, -0.1) is 0 Å². The van der Waals surface area contributed by atoms with E-state index in [1.165, 1.54) is 0 Å². The lowest BCUT2D eigenvalue weighted by atomic mass is 9.80. The molecule has 1 aliphatic rings. The summed E-state index contributed by atoms with van der Waals surface area (Å²) < 4.78 is 8.80. The predicted octanol–water partition coefficient (Wildman–Crippen LogP) is 6.50. The molecule has 37 heavy (non-hydrogen) atoms. The van der Waals surface area contributed by atoms with Gasteiger partial charge in [-0.05, 0) is 57.0 Å². The number of benzene rings is 2. The fraction of sp³-hybridized carbons (Fsp3) is 0.355. The van der Waals surface area contributed by atoms with Crippen molar-refractivity contribution in [2.24, 2.45) is 0 Å². The third kappa shape index (κ3) is 3.78. The number of hydrogen-bond acceptors (Lipinski definition) is 5. The number of carbonyl (C=O) groups is 1. The Hall–Kier alpha value is -3.80. The Morgan fingerprint density at radius 3 is 2.49 bits per heavy atom. The van der Waals surface area contributed by atoms with Gasteiger partial charge in [0.05, 0.1) is 5.56 Å². The van der Waals surface area contributed by atoms with Gasteiger partial charge in [-0.3, -0.25) is 4.98 Å². The van der Waals surface area contributed by atoms with Crippen LogP contribution in [0.5, 0.6) is 0 Å². The molecule has 0 fully saturated rings. The molecule has 5 rings (SSSR count). The van der Waals surface area contributed by atoms with E-state index in [-0.39, 0.29) is 5.97 Å². The predicted molar refractivity (Wildman–Crippen MR) is 151 cm³/mol. The van der Waals surface area contributed by atoms with Crippen LogP contribution in [0.1, 0.15) is 66.5 Å². The summed E-state index contributed by atoms with van der Waals surface area (Å²) in [6, 6.07) is 18.4. The molecule has 0 amide bonds. The van der Waals surface area contributed by atoms with Gasteiger partial charge in [-0.2, -0.15) is 0 Å². The van der Waals surface area contributed by atoms with Crippen LogP contribution in [-0.4, -0.2) is 35.7 Å². The Kier molecular flexibility index (Phi) is 6.67. The van der Waals surface area contributed by atoms with Crippen LogP contribution in [0.4, 0.5) is 11.4 Å². The fourth-order valence-corrected chi connectivity index (χ4v) is 6.02. The quantitative estimate of drug-likeness (QED) is 0.268. The Bertz CT molecular complexity index is 1450. The largest absolute Gasteiger partial charge is 0.439 e. The lowest BCUT2D eigenvalue weighted by Gasteiger charge is -2.33. The molecule has 1 unspecified atom stereocenters. The highest BCUT2D eigenvalue weighted by Crippen LogP contribution is 2.52. The number of nitrogens with zero attached hydrogens (tertiary/aromatic N) is 3. The third-order valence-corrected chi connectivity index (χ3v) is 7.51. The molecule has 0 radical (unpaired) electrons. The van der Waals surface area contributed by atoms with Crippen molar-refractivity contribution in [1.29, 1.82) is 0 Å². The number of rotatable bonds is 9. The Labute approximate surface area is 219 Å². The molecule has 6 nitrogen and oxygen atoms in total. The number of esters is 1. The van der Waals surface area contributed by atoms with Crippen molar-refractivity contribution in [3.05, 3.63) is 88.9 Å². The molecule has 1 aliphatic heterocycles. The molecule has 2 aromatic carbocycles. The average molecular weight is 497 g/mol. The number of para-hydroxylation sites is 1. The van der Waals surface area contributed by atoms with Crippen molar-refractivity contribution in [2.45, 2.75) is 52.7 Å². The number of nitrogens with one attached hydrogen (secondary N) is 1. The van der Waals surface area contributed by atoms with E-state index >= 15 is 0 Å². The van der Waals surface area contributed by atoms with Crippen molar-refractivity contribution in [1.82, 2.24) is 9.55 Å². The van der Waals surface area contributed by atoms with E-state index in [1.807, 2.05) is 19.2 Å². The highest BCUT2D eigenvalue weighted by molar-refractivity contribution is 5.98. The lowest BCUT2D eigenvalue weighted by molar-refractivity contribution is 0.0247. The van der Waals surface area contributed by atoms with Crippen LogP contribution in [-0.2, 0) is 16.9 Å². The minimum Gasteiger partial charge on any atom is -0.439 e. The van der Waals surface area contributed by atoms with E-state index in [0.29, 0.717) is 11.3 Å². The third-order valence-electron chi connectivity index (χ3n) is 7.51. The van der Waals surface area contributed by atoms with Crippen LogP contribution in [0.3, 0.4) is 0 Å². The molecule has 192 valence electrons. The first-order valence-electron chi connectivity index (χ1n) is 13.4. The van der Waals surface area contributed by atoms with Crippen LogP contribution >= 0.6 is 0 Å².